The molecule has 2 aromatic rings. The van der Waals surface area contributed by atoms with Crippen molar-refractivity contribution in [1.29, 1.82) is 0 Å². The van der Waals surface area contributed by atoms with Crippen LogP contribution in [0.4, 0.5) is 10.1 Å². The smallest absolute Gasteiger partial charge is 0.327 e. The maximum atomic E-state index is 13.6. The highest BCUT2D eigenvalue weighted by Gasteiger charge is 2.28. The molecule has 8 heteroatoms. The summed E-state index contributed by atoms with van der Waals surface area (Å²) in [6.45, 7) is 2.73. The molecule has 0 atom stereocenters. The Hall–Kier alpha value is -2.12. The molecule has 0 amide bonds. The zero-order chi connectivity index (χ0) is 18.6. The number of halogens is 2. The Kier molecular flexibility index (Phi) is 6.02. The number of nitrogens with zero attached hydrogens (tertiary/aromatic N) is 1. The minimum absolute atomic E-state index is 0.0238. The maximum absolute atomic E-state index is 13.6. The summed E-state index contributed by atoms with van der Waals surface area (Å²) in [4.78, 5) is 11.9. The van der Waals surface area contributed by atoms with E-state index in [4.69, 9.17) is 16.3 Å². The number of hydrogen-bond donors (Lipinski definition) is 0. The van der Waals surface area contributed by atoms with Crippen LogP contribution in [0, 0.1) is 5.82 Å². The lowest BCUT2D eigenvalue weighted by molar-refractivity contribution is -0.145. The third-order valence-electron chi connectivity index (χ3n) is 3.14. The van der Waals surface area contributed by atoms with Crippen LogP contribution in [-0.4, -0.2) is 27.0 Å². The Bertz CT molecular complexity index is 853. The van der Waals surface area contributed by atoms with Crippen LogP contribution in [0.1, 0.15) is 13.8 Å². The average molecular weight is 386 g/mol. The SMILES string of the molecule is CC(C)OC(=O)CN(c1cccc(F)c1)S(=O)(=O)c1ccc(Cl)cc1. The van der Waals surface area contributed by atoms with Gasteiger partial charge in [0, 0.05) is 5.02 Å². The molecule has 0 spiro atoms. The summed E-state index contributed by atoms with van der Waals surface area (Å²) < 4.78 is 45.3. The molecule has 0 aliphatic rings. The molecule has 0 fully saturated rings. The molecule has 5 nitrogen and oxygen atoms in total. The summed E-state index contributed by atoms with van der Waals surface area (Å²) in [5.74, 6) is -1.36. The normalized spacial score (nSPS) is 11.4. The van der Waals surface area contributed by atoms with Crippen molar-refractivity contribution in [2.75, 3.05) is 10.8 Å². The summed E-state index contributed by atoms with van der Waals surface area (Å²) in [7, 11) is -4.11. The first-order valence-electron chi connectivity index (χ1n) is 7.43. The van der Waals surface area contributed by atoms with Crippen LogP contribution >= 0.6 is 11.6 Å². The fourth-order valence-electron chi connectivity index (χ4n) is 2.10. The van der Waals surface area contributed by atoms with Gasteiger partial charge in [-0.2, -0.15) is 0 Å². The molecule has 0 aliphatic heterocycles. The number of esters is 1. The second-order valence-corrected chi connectivity index (χ2v) is 7.78. The number of ether oxygens (including phenoxy) is 1. The molecule has 2 aromatic carbocycles. The lowest BCUT2D eigenvalue weighted by Gasteiger charge is -2.24. The van der Waals surface area contributed by atoms with Gasteiger partial charge in [-0.25, -0.2) is 12.8 Å². The molecule has 25 heavy (non-hydrogen) atoms. The Balaban J connectivity index is 2.46. The fraction of sp³-hybridized carbons (Fsp3) is 0.235. The largest absolute Gasteiger partial charge is 0.462 e. The highest BCUT2D eigenvalue weighted by atomic mass is 35.5. The summed E-state index contributed by atoms with van der Waals surface area (Å²) in [6, 6.07) is 10.5. The number of sulfonamides is 1. The van der Waals surface area contributed by atoms with Crippen LogP contribution in [0.2, 0.25) is 5.02 Å². The molecule has 0 aliphatic carbocycles. The topological polar surface area (TPSA) is 63.7 Å². The molecular formula is C17H17ClFNO4S. The van der Waals surface area contributed by atoms with Crippen LogP contribution in [0.15, 0.2) is 53.4 Å². The van der Waals surface area contributed by atoms with Gasteiger partial charge in [0.1, 0.15) is 12.4 Å². The van der Waals surface area contributed by atoms with E-state index in [1.807, 2.05) is 0 Å². The van der Waals surface area contributed by atoms with Gasteiger partial charge in [0.2, 0.25) is 0 Å². The average Bonchev–Trinajstić information content (AvgIpc) is 2.52. The quantitative estimate of drug-likeness (QED) is 0.712. The highest BCUT2D eigenvalue weighted by Crippen LogP contribution is 2.25. The van der Waals surface area contributed by atoms with Gasteiger partial charge < -0.3 is 4.74 Å². The van der Waals surface area contributed by atoms with Crippen LogP contribution in [0.25, 0.3) is 0 Å². The predicted molar refractivity (Wildman–Crippen MR) is 93.6 cm³/mol. The molecule has 0 saturated carbocycles. The van der Waals surface area contributed by atoms with E-state index in [0.29, 0.717) is 5.02 Å². The highest BCUT2D eigenvalue weighted by molar-refractivity contribution is 7.92. The molecular weight excluding hydrogens is 369 g/mol. The van der Waals surface area contributed by atoms with Crippen LogP contribution in [0.3, 0.4) is 0 Å². The number of benzene rings is 2. The summed E-state index contributed by atoms with van der Waals surface area (Å²) >= 11 is 5.79. The van der Waals surface area contributed by atoms with Crippen molar-refractivity contribution in [3.63, 3.8) is 0 Å². The molecule has 0 aromatic heterocycles. The summed E-state index contributed by atoms with van der Waals surface area (Å²) in [5, 5.41) is 0.371. The molecule has 0 N–H and O–H groups in total. The molecule has 0 bridgehead atoms. The first-order chi connectivity index (χ1) is 11.7. The van der Waals surface area contributed by atoms with Gasteiger partial charge in [0.15, 0.2) is 0 Å². The summed E-state index contributed by atoms with van der Waals surface area (Å²) in [5.41, 5.74) is 0.0238. The van der Waals surface area contributed by atoms with Crippen LogP contribution in [0.5, 0.6) is 0 Å². The van der Waals surface area contributed by atoms with E-state index in [0.717, 1.165) is 10.4 Å². The van der Waals surface area contributed by atoms with Crippen molar-refractivity contribution in [3.8, 4) is 0 Å². The van der Waals surface area contributed by atoms with Crippen LogP contribution < -0.4 is 4.31 Å². The first-order valence-corrected chi connectivity index (χ1v) is 9.25. The Morgan fingerprint density at radius 3 is 2.40 bits per heavy atom. The van der Waals surface area contributed by atoms with E-state index in [2.05, 4.69) is 0 Å². The van der Waals surface area contributed by atoms with Crippen molar-refractivity contribution in [3.05, 3.63) is 59.4 Å². The first kappa shape index (κ1) is 19.2. The Morgan fingerprint density at radius 1 is 1.20 bits per heavy atom. The van der Waals surface area contributed by atoms with Gasteiger partial charge >= 0.3 is 5.97 Å². The summed E-state index contributed by atoms with van der Waals surface area (Å²) in [6.07, 6.45) is -0.403. The number of carbonyl (C=O) groups is 1. The third kappa shape index (κ3) is 4.93. The fourth-order valence-corrected chi connectivity index (χ4v) is 3.62. The predicted octanol–water partition coefficient (Wildman–Crippen LogP) is 3.63. The van der Waals surface area contributed by atoms with Crippen molar-refractivity contribution in [1.82, 2.24) is 0 Å². The zero-order valence-electron chi connectivity index (χ0n) is 13.6. The third-order valence-corrected chi connectivity index (χ3v) is 5.18. The molecule has 0 unspecified atom stereocenters. The number of rotatable bonds is 6. The molecule has 2 rings (SSSR count). The van der Waals surface area contributed by atoms with Crippen molar-refractivity contribution in [2.24, 2.45) is 0 Å². The van der Waals surface area contributed by atoms with Crippen molar-refractivity contribution < 1.29 is 22.3 Å². The molecule has 0 heterocycles. The monoisotopic (exact) mass is 385 g/mol. The molecule has 134 valence electrons. The minimum atomic E-state index is -4.11. The number of hydrogen-bond acceptors (Lipinski definition) is 4. The molecule has 0 radical (unpaired) electrons. The van der Waals surface area contributed by atoms with Crippen molar-refractivity contribution in [2.45, 2.75) is 24.8 Å². The minimum Gasteiger partial charge on any atom is -0.462 e. The zero-order valence-corrected chi connectivity index (χ0v) is 15.2. The standard InChI is InChI=1S/C17H17ClFNO4S/c1-12(2)24-17(21)11-20(15-5-3-4-14(19)10-15)25(22,23)16-8-6-13(18)7-9-16/h3-10,12H,11H2,1-2H3. The Morgan fingerprint density at radius 2 is 1.84 bits per heavy atom. The van der Waals surface area contributed by atoms with Crippen molar-refractivity contribution >= 4 is 33.3 Å². The van der Waals surface area contributed by atoms with E-state index < -0.39 is 34.5 Å². The second-order valence-electron chi connectivity index (χ2n) is 5.48. The van der Waals surface area contributed by atoms with E-state index in [1.165, 1.54) is 42.5 Å². The van der Waals surface area contributed by atoms with E-state index in [1.54, 1.807) is 13.8 Å². The van der Waals surface area contributed by atoms with Gasteiger partial charge in [0.25, 0.3) is 10.0 Å². The number of anilines is 1. The number of carbonyl (C=O) groups excluding carboxylic acids is 1. The van der Waals surface area contributed by atoms with E-state index in [9.17, 15) is 17.6 Å². The lowest BCUT2D eigenvalue weighted by atomic mass is 10.3. The van der Waals surface area contributed by atoms with Gasteiger partial charge in [-0.1, -0.05) is 17.7 Å². The van der Waals surface area contributed by atoms with Gasteiger partial charge in [0.05, 0.1) is 16.7 Å². The van der Waals surface area contributed by atoms with Gasteiger partial charge in [-0.05, 0) is 56.3 Å². The van der Waals surface area contributed by atoms with E-state index >= 15 is 0 Å². The van der Waals surface area contributed by atoms with E-state index in [-0.39, 0.29) is 10.6 Å². The van der Waals surface area contributed by atoms with Crippen LogP contribution in [-0.2, 0) is 19.6 Å². The van der Waals surface area contributed by atoms with Gasteiger partial charge in [-0.3, -0.25) is 9.10 Å². The Labute approximate surface area is 151 Å². The lowest BCUT2D eigenvalue weighted by Crippen LogP contribution is -2.37. The second kappa shape index (κ2) is 7.84. The van der Waals surface area contributed by atoms with Gasteiger partial charge in [-0.15, -0.1) is 0 Å². The molecule has 0 saturated heterocycles. The maximum Gasteiger partial charge on any atom is 0.327 e.